The number of hydrogen-bond donors (Lipinski definition) is 2. The van der Waals surface area contributed by atoms with Crippen molar-refractivity contribution in [3.63, 3.8) is 0 Å². The summed E-state index contributed by atoms with van der Waals surface area (Å²) >= 11 is 0. The maximum absolute atomic E-state index is 11.4. The van der Waals surface area contributed by atoms with Crippen molar-refractivity contribution in [3.8, 4) is 0 Å². The molecule has 11 heteroatoms. The average molecular weight is 510 g/mol. The number of carbonyl (C=O) groups is 1. The van der Waals surface area contributed by atoms with Gasteiger partial charge >= 0.3 is 6.09 Å². The van der Waals surface area contributed by atoms with Crippen molar-refractivity contribution in [3.05, 3.63) is 78.0 Å². The molecular formula is C27H27N9O2. The van der Waals surface area contributed by atoms with E-state index in [0.29, 0.717) is 31.0 Å². The zero-order valence-electron chi connectivity index (χ0n) is 21.1. The Morgan fingerprint density at radius 3 is 2.79 bits per heavy atom. The Balaban J connectivity index is 1.23. The Morgan fingerprint density at radius 2 is 1.97 bits per heavy atom. The molecule has 1 fully saturated rings. The number of fused-ring (bicyclic) bond motifs is 2. The first kappa shape index (κ1) is 23.6. The number of pyridine rings is 2. The largest absolute Gasteiger partial charge is 0.465 e. The van der Waals surface area contributed by atoms with Crippen LogP contribution in [0.4, 0.5) is 22.1 Å². The molecule has 6 rings (SSSR count). The summed E-state index contributed by atoms with van der Waals surface area (Å²) in [6.45, 7) is 5.56. The zero-order valence-corrected chi connectivity index (χ0v) is 21.1. The highest BCUT2D eigenvalue weighted by Gasteiger charge is 2.27. The van der Waals surface area contributed by atoms with Crippen molar-refractivity contribution >= 4 is 40.1 Å². The summed E-state index contributed by atoms with van der Waals surface area (Å²) in [5.41, 5.74) is 6.71. The van der Waals surface area contributed by atoms with E-state index < -0.39 is 6.09 Å². The molecule has 2 N–H and O–H groups in total. The average Bonchev–Trinajstić information content (AvgIpc) is 3.38. The number of carboxylic acid groups (broad SMARTS) is 1. The second-order valence-corrected chi connectivity index (χ2v) is 9.57. The second-order valence-electron chi connectivity index (χ2n) is 9.57. The molecule has 0 bridgehead atoms. The smallest absolute Gasteiger partial charge is 0.407 e. The maximum atomic E-state index is 11.4. The van der Waals surface area contributed by atoms with Crippen molar-refractivity contribution in [2.75, 3.05) is 29.9 Å². The van der Waals surface area contributed by atoms with Crippen molar-refractivity contribution in [2.45, 2.75) is 26.3 Å². The van der Waals surface area contributed by atoms with Gasteiger partial charge in [-0.1, -0.05) is 6.07 Å². The molecule has 0 radical (unpaired) electrons. The van der Waals surface area contributed by atoms with Crippen LogP contribution in [0.15, 0.2) is 61.3 Å². The third-order valence-corrected chi connectivity index (χ3v) is 7.00. The predicted molar refractivity (Wildman–Crippen MR) is 144 cm³/mol. The minimum Gasteiger partial charge on any atom is -0.465 e. The molecule has 11 nitrogen and oxygen atoms in total. The van der Waals surface area contributed by atoms with Crippen molar-refractivity contribution < 1.29 is 9.90 Å². The standard InChI is InChI=1S/C27H27N9O2/c1-17-11-21(4-3-20(17)12-19-7-8-36-24(13-19)29-16-31-36)32-26-25-22(28-15-30-26)5-6-23(33-25)35-10-9-34(27(37)38)14-18(35)2/h3-8,11,13,15-16,18H,9-10,12,14H2,1-2H3,(H,37,38)(H,28,30,32)/t18-/m0/s1. The van der Waals surface area contributed by atoms with E-state index in [9.17, 15) is 9.90 Å². The summed E-state index contributed by atoms with van der Waals surface area (Å²) in [4.78, 5) is 33.0. The number of nitrogens with one attached hydrogen (secondary N) is 1. The van der Waals surface area contributed by atoms with Crippen molar-refractivity contribution in [2.24, 2.45) is 0 Å². The molecule has 1 aromatic carbocycles. The molecule has 5 aromatic rings. The second kappa shape index (κ2) is 9.58. The highest BCUT2D eigenvalue weighted by Crippen LogP contribution is 2.27. The van der Waals surface area contributed by atoms with Gasteiger partial charge in [-0.2, -0.15) is 5.10 Å². The first-order chi connectivity index (χ1) is 18.4. The van der Waals surface area contributed by atoms with Gasteiger partial charge in [-0.25, -0.2) is 29.2 Å². The van der Waals surface area contributed by atoms with Gasteiger partial charge in [0, 0.05) is 37.6 Å². The summed E-state index contributed by atoms with van der Waals surface area (Å²) < 4.78 is 1.76. The van der Waals surface area contributed by atoms with Gasteiger partial charge < -0.3 is 20.2 Å². The molecule has 0 aliphatic carbocycles. The van der Waals surface area contributed by atoms with Crippen LogP contribution in [0, 0.1) is 6.92 Å². The number of aromatic nitrogens is 6. The number of anilines is 3. The molecule has 4 aromatic heterocycles. The lowest BCUT2D eigenvalue weighted by molar-refractivity contribution is 0.136. The fraction of sp³-hybridized carbons (Fsp3) is 0.259. The topological polar surface area (TPSA) is 125 Å². The zero-order chi connectivity index (χ0) is 26.2. The lowest BCUT2D eigenvalue weighted by Gasteiger charge is -2.39. The highest BCUT2D eigenvalue weighted by molar-refractivity contribution is 5.88. The van der Waals surface area contributed by atoms with Crippen molar-refractivity contribution in [1.82, 2.24) is 34.4 Å². The van der Waals surface area contributed by atoms with Gasteiger partial charge in [0.25, 0.3) is 0 Å². The number of rotatable bonds is 5. The number of aryl methyl sites for hydroxylation is 1. The minimum atomic E-state index is -0.888. The summed E-state index contributed by atoms with van der Waals surface area (Å²) in [5, 5.41) is 16.9. The van der Waals surface area contributed by atoms with Gasteiger partial charge in [-0.3, -0.25) is 0 Å². The molecule has 192 valence electrons. The minimum absolute atomic E-state index is 0.00602. The van der Waals surface area contributed by atoms with Gasteiger partial charge in [0.1, 0.15) is 24.0 Å². The number of nitrogens with zero attached hydrogens (tertiary/aromatic N) is 8. The lowest BCUT2D eigenvalue weighted by atomic mass is 10.0. The molecule has 0 saturated carbocycles. The first-order valence-corrected chi connectivity index (χ1v) is 12.5. The number of amides is 1. The Labute approximate surface area is 218 Å². The Kier molecular flexibility index (Phi) is 5.95. The highest BCUT2D eigenvalue weighted by atomic mass is 16.4. The van der Waals surface area contributed by atoms with E-state index in [-0.39, 0.29) is 6.04 Å². The third kappa shape index (κ3) is 4.54. The van der Waals surface area contributed by atoms with E-state index in [1.807, 2.05) is 31.3 Å². The van der Waals surface area contributed by atoms with Crippen LogP contribution in [0.2, 0.25) is 0 Å². The number of piperazine rings is 1. The van der Waals surface area contributed by atoms with E-state index >= 15 is 0 Å². The van der Waals surface area contributed by atoms with Gasteiger partial charge in [0.05, 0.1) is 5.52 Å². The maximum Gasteiger partial charge on any atom is 0.407 e. The molecular weight excluding hydrogens is 482 g/mol. The van der Waals surface area contributed by atoms with E-state index in [1.165, 1.54) is 22.4 Å². The molecule has 1 amide bonds. The molecule has 1 atom stereocenters. The van der Waals surface area contributed by atoms with Crippen LogP contribution in [0.5, 0.6) is 0 Å². The molecule has 0 unspecified atom stereocenters. The molecule has 38 heavy (non-hydrogen) atoms. The SMILES string of the molecule is Cc1cc(Nc2ncnc3ccc(N4CCN(C(=O)O)C[C@@H]4C)nc23)ccc1Cc1ccn2ncnc2c1. The summed E-state index contributed by atoms with van der Waals surface area (Å²) in [5.74, 6) is 1.40. The molecule has 1 aliphatic rings. The van der Waals surface area contributed by atoms with Crippen LogP contribution in [0.25, 0.3) is 16.7 Å². The Hall–Kier alpha value is -4.80. The lowest BCUT2D eigenvalue weighted by Crippen LogP contribution is -2.53. The van der Waals surface area contributed by atoms with Crippen LogP contribution in [0.1, 0.15) is 23.6 Å². The number of benzene rings is 1. The fourth-order valence-electron chi connectivity index (χ4n) is 4.95. The molecule has 1 aliphatic heterocycles. The Morgan fingerprint density at radius 1 is 1.08 bits per heavy atom. The van der Waals surface area contributed by atoms with Gasteiger partial charge in [0.15, 0.2) is 11.5 Å². The molecule has 0 spiro atoms. The van der Waals surface area contributed by atoms with E-state index in [2.05, 4.69) is 61.5 Å². The monoisotopic (exact) mass is 509 g/mol. The Bertz CT molecular complexity index is 1650. The van der Waals surface area contributed by atoms with Gasteiger partial charge in [0.2, 0.25) is 0 Å². The fourth-order valence-corrected chi connectivity index (χ4v) is 4.95. The van der Waals surface area contributed by atoms with Crippen LogP contribution >= 0.6 is 0 Å². The summed E-state index contributed by atoms with van der Waals surface area (Å²) in [6, 6.07) is 14.3. The quantitative estimate of drug-likeness (QED) is 0.363. The molecule has 1 saturated heterocycles. The van der Waals surface area contributed by atoms with Crippen LogP contribution in [-0.4, -0.2) is 71.3 Å². The van der Waals surface area contributed by atoms with Crippen LogP contribution in [-0.2, 0) is 6.42 Å². The normalized spacial score (nSPS) is 15.8. The first-order valence-electron chi connectivity index (χ1n) is 12.5. The number of hydrogen-bond acceptors (Lipinski definition) is 8. The van der Waals surface area contributed by atoms with E-state index in [1.54, 1.807) is 10.8 Å². The summed E-state index contributed by atoms with van der Waals surface area (Å²) in [7, 11) is 0. The van der Waals surface area contributed by atoms with Gasteiger partial charge in [-0.15, -0.1) is 0 Å². The summed E-state index contributed by atoms with van der Waals surface area (Å²) in [6.07, 6.45) is 4.92. The van der Waals surface area contributed by atoms with Crippen LogP contribution < -0.4 is 10.2 Å². The van der Waals surface area contributed by atoms with E-state index in [0.717, 1.165) is 34.7 Å². The van der Waals surface area contributed by atoms with E-state index in [4.69, 9.17) is 4.98 Å². The van der Waals surface area contributed by atoms with Crippen molar-refractivity contribution in [1.29, 1.82) is 0 Å². The molecule has 5 heterocycles. The van der Waals surface area contributed by atoms with Crippen LogP contribution in [0.3, 0.4) is 0 Å². The predicted octanol–water partition coefficient (Wildman–Crippen LogP) is 3.90. The van der Waals surface area contributed by atoms with Gasteiger partial charge in [-0.05, 0) is 73.4 Å². The third-order valence-electron chi connectivity index (χ3n) is 7.00.